The van der Waals surface area contributed by atoms with Crippen molar-refractivity contribution in [3.8, 4) is 22.5 Å². The van der Waals surface area contributed by atoms with Gasteiger partial charge in [0.25, 0.3) is 0 Å². The van der Waals surface area contributed by atoms with Gasteiger partial charge in [0.1, 0.15) is 0 Å². The van der Waals surface area contributed by atoms with Gasteiger partial charge in [-0.25, -0.2) is 0 Å². The molecule has 4 heteroatoms. The number of rotatable bonds is 2. The summed E-state index contributed by atoms with van der Waals surface area (Å²) < 4.78 is 0. The number of nitrogens with one attached hydrogen (secondary N) is 2. The van der Waals surface area contributed by atoms with E-state index in [9.17, 15) is 4.79 Å². The quantitative estimate of drug-likeness (QED) is 0.562. The first-order valence-corrected chi connectivity index (χ1v) is 8.51. The molecule has 126 valence electrons. The Morgan fingerprint density at radius 2 is 1.80 bits per heavy atom. The van der Waals surface area contributed by atoms with Crippen LogP contribution in [0, 0.1) is 5.41 Å². The standard InChI is InChI=1S/C21H21N3O/c1-21(2,3)20(25)22-15-10-8-13(9-11-15)18-17-12-14-6-4-5-7-16(14)19(17)24-23-18/h4-11H,12H2,1-3H3,(H,22,25)(H,23,24). The molecule has 1 heterocycles. The number of amides is 1. The Balaban J connectivity index is 1.61. The van der Waals surface area contributed by atoms with E-state index in [4.69, 9.17) is 0 Å². The second kappa shape index (κ2) is 5.59. The third-order valence-electron chi connectivity index (χ3n) is 4.62. The van der Waals surface area contributed by atoms with Gasteiger partial charge in [-0.1, -0.05) is 57.2 Å². The van der Waals surface area contributed by atoms with Crippen LogP contribution in [-0.4, -0.2) is 16.1 Å². The molecule has 0 fully saturated rings. The molecule has 0 spiro atoms. The van der Waals surface area contributed by atoms with E-state index in [1.807, 2.05) is 45.0 Å². The van der Waals surface area contributed by atoms with Crippen molar-refractivity contribution in [2.45, 2.75) is 27.2 Å². The SMILES string of the molecule is CC(C)(C)C(=O)Nc1ccc(-c2n[nH]c3c2Cc2ccccc2-3)cc1. The molecule has 25 heavy (non-hydrogen) atoms. The van der Waals surface area contributed by atoms with E-state index < -0.39 is 5.41 Å². The normalized spacial score (nSPS) is 12.6. The fraction of sp³-hybridized carbons (Fsp3) is 0.238. The van der Waals surface area contributed by atoms with Crippen LogP contribution in [0.25, 0.3) is 22.5 Å². The van der Waals surface area contributed by atoms with Gasteiger partial charge in [0.15, 0.2) is 0 Å². The molecule has 0 saturated heterocycles. The van der Waals surface area contributed by atoms with Crippen LogP contribution in [0.4, 0.5) is 5.69 Å². The summed E-state index contributed by atoms with van der Waals surface area (Å²) in [6.07, 6.45) is 0.903. The summed E-state index contributed by atoms with van der Waals surface area (Å²) in [6.45, 7) is 5.71. The minimum atomic E-state index is -0.409. The molecule has 4 nitrogen and oxygen atoms in total. The average Bonchev–Trinajstić information content (AvgIpc) is 3.14. The van der Waals surface area contributed by atoms with E-state index in [-0.39, 0.29) is 5.91 Å². The summed E-state index contributed by atoms with van der Waals surface area (Å²) in [5.41, 5.74) is 7.38. The maximum atomic E-state index is 12.1. The zero-order valence-corrected chi connectivity index (χ0v) is 14.7. The molecule has 0 saturated carbocycles. The first-order chi connectivity index (χ1) is 11.9. The van der Waals surface area contributed by atoms with Gasteiger partial charge in [-0.2, -0.15) is 5.10 Å². The molecule has 0 bridgehead atoms. The number of aromatic amines is 1. The zero-order chi connectivity index (χ0) is 17.6. The highest BCUT2D eigenvalue weighted by Gasteiger charge is 2.25. The zero-order valence-electron chi connectivity index (χ0n) is 14.7. The maximum Gasteiger partial charge on any atom is 0.229 e. The maximum absolute atomic E-state index is 12.1. The Hall–Kier alpha value is -2.88. The van der Waals surface area contributed by atoms with Crippen molar-refractivity contribution in [1.82, 2.24) is 10.2 Å². The Kier molecular flexibility index (Phi) is 3.49. The molecule has 3 aromatic rings. The third kappa shape index (κ3) is 2.74. The number of anilines is 1. The summed E-state index contributed by atoms with van der Waals surface area (Å²) in [5, 5.41) is 10.7. The first-order valence-electron chi connectivity index (χ1n) is 8.51. The lowest BCUT2D eigenvalue weighted by Gasteiger charge is -2.17. The van der Waals surface area contributed by atoms with Crippen LogP contribution >= 0.6 is 0 Å². The molecule has 2 aromatic carbocycles. The molecule has 1 aliphatic rings. The molecular weight excluding hydrogens is 310 g/mol. The van der Waals surface area contributed by atoms with Crippen LogP contribution in [0.5, 0.6) is 0 Å². The van der Waals surface area contributed by atoms with Gasteiger partial charge in [0.05, 0.1) is 11.4 Å². The number of carbonyl (C=O) groups is 1. The predicted octanol–water partition coefficient (Wildman–Crippen LogP) is 4.63. The van der Waals surface area contributed by atoms with Crippen molar-refractivity contribution in [2.75, 3.05) is 5.32 Å². The Labute approximate surface area is 147 Å². The smallest absolute Gasteiger partial charge is 0.229 e. The highest BCUT2D eigenvalue weighted by molar-refractivity contribution is 5.94. The number of nitrogens with zero attached hydrogens (tertiary/aromatic N) is 1. The van der Waals surface area contributed by atoms with E-state index in [2.05, 4.69) is 39.8 Å². The molecule has 2 N–H and O–H groups in total. The third-order valence-corrected chi connectivity index (χ3v) is 4.62. The van der Waals surface area contributed by atoms with Crippen LogP contribution in [0.3, 0.4) is 0 Å². The van der Waals surface area contributed by atoms with Crippen molar-refractivity contribution in [1.29, 1.82) is 0 Å². The van der Waals surface area contributed by atoms with Crippen molar-refractivity contribution >= 4 is 11.6 Å². The molecule has 1 aliphatic carbocycles. The van der Waals surface area contributed by atoms with Crippen molar-refractivity contribution < 1.29 is 4.79 Å². The Morgan fingerprint density at radius 3 is 2.52 bits per heavy atom. The topological polar surface area (TPSA) is 57.8 Å². The minimum absolute atomic E-state index is 0.0105. The van der Waals surface area contributed by atoms with Crippen LogP contribution in [-0.2, 0) is 11.2 Å². The number of aromatic nitrogens is 2. The number of benzene rings is 2. The average molecular weight is 331 g/mol. The van der Waals surface area contributed by atoms with E-state index in [1.54, 1.807) is 0 Å². The molecule has 1 amide bonds. The lowest BCUT2D eigenvalue weighted by molar-refractivity contribution is -0.123. The second-order valence-corrected chi connectivity index (χ2v) is 7.54. The fourth-order valence-electron chi connectivity index (χ4n) is 3.14. The summed E-state index contributed by atoms with van der Waals surface area (Å²) in [5.74, 6) is 0.0105. The summed E-state index contributed by atoms with van der Waals surface area (Å²) >= 11 is 0. The molecule has 0 aliphatic heterocycles. The summed E-state index contributed by atoms with van der Waals surface area (Å²) in [7, 11) is 0. The van der Waals surface area contributed by atoms with Gasteiger partial charge >= 0.3 is 0 Å². The number of H-pyrrole nitrogens is 1. The minimum Gasteiger partial charge on any atom is -0.326 e. The lowest BCUT2D eigenvalue weighted by Crippen LogP contribution is -2.27. The van der Waals surface area contributed by atoms with E-state index in [0.717, 1.165) is 29.1 Å². The molecule has 1 aromatic heterocycles. The van der Waals surface area contributed by atoms with E-state index in [0.29, 0.717) is 0 Å². The summed E-state index contributed by atoms with van der Waals surface area (Å²) in [4.78, 5) is 12.1. The Bertz CT molecular complexity index is 946. The van der Waals surface area contributed by atoms with E-state index in [1.165, 1.54) is 16.7 Å². The summed E-state index contributed by atoms with van der Waals surface area (Å²) in [6, 6.07) is 16.3. The van der Waals surface area contributed by atoms with E-state index >= 15 is 0 Å². The lowest BCUT2D eigenvalue weighted by atomic mass is 9.95. The van der Waals surface area contributed by atoms with Crippen LogP contribution in [0.15, 0.2) is 48.5 Å². The molecule has 0 radical (unpaired) electrons. The van der Waals surface area contributed by atoms with Gasteiger partial charge in [0.2, 0.25) is 5.91 Å². The van der Waals surface area contributed by atoms with Gasteiger partial charge < -0.3 is 5.32 Å². The van der Waals surface area contributed by atoms with Crippen molar-refractivity contribution in [3.05, 3.63) is 59.7 Å². The van der Waals surface area contributed by atoms with Crippen molar-refractivity contribution in [2.24, 2.45) is 5.41 Å². The largest absolute Gasteiger partial charge is 0.326 e. The van der Waals surface area contributed by atoms with Crippen molar-refractivity contribution in [3.63, 3.8) is 0 Å². The fourth-order valence-corrected chi connectivity index (χ4v) is 3.14. The first kappa shape index (κ1) is 15.6. The van der Waals surface area contributed by atoms with Crippen LogP contribution in [0.2, 0.25) is 0 Å². The number of carbonyl (C=O) groups excluding carboxylic acids is 1. The van der Waals surface area contributed by atoms with Crippen LogP contribution in [0.1, 0.15) is 31.9 Å². The highest BCUT2D eigenvalue weighted by Crippen LogP contribution is 2.39. The molecule has 4 rings (SSSR count). The molecule has 0 unspecified atom stereocenters. The molecule has 0 atom stereocenters. The predicted molar refractivity (Wildman–Crippen MR) is 100 cm³/mol. The monoisotopic (exact) mass is 331 g/mol. The number of fused-ring (bicyclic) bond motifs is 3. The second-order valence-electron chi connectivity index (χ2n) is 7.54. The van der Waals surface area contributed by atoms with Crippen LogP contribution < -0.4 is 5.32 Å². The highest BCUT2D eigenvalue weighted by atomic mass is 16.2. The molecular formula is C21H21N3O. The number of hydrogen-bond donors (Lipinski definition) is 2. The van der Waals surface area contributed by atoms with Gasteiger partial charge in [-0.15, -0.1) is 0 Å². The number of hydrogen-bond acceptors (Lipinski definition) is 2. The van der Waals surface area contributed by atoms with Gasteiger partial charge in [-0.3, -0.25) is 9.89 Å². The van der Waals surface area contributed by atoms with Gasteiger partial charge in [0, 0.05) is 34.2 Å². The Morgan fingerprint density at radius 1 is 1.08 bits per heavy atom. The van der Waals surface area contributed by atoms with Gasteiger partial charge in [-0.05, 0) is 17.7 Å².